The third-order valence-corrected chi connectivity index (χ3v) is 13.0. The molecule has 1 aliphatic rings. The number of para-hydroxylation sites is 6. The van der Waals surface area contributed by atoms with Crippen LogP contribution in [0.1, 0.15) is 18.9 Å². The lowest BCUT2D eigenvalue weighted by atomic mass is 9.85. The largest absolute Gasteiger partial charge is 0.455 e. The topological polar surface area (TPSA) is 32.8 Å². The van der Waals surface area contributed by atoms with Gasteiger partial charge in [-0.3, -0.25) is 0 Å². The monoisotopic (exact) mass is 836 g/mol. The molecule has 9 aromatic carbocycles. The Bertz CT molecular complexity index is 3560. The molecule has 310 valence electrons. The number of furan rings is 2. The lowest BCUT2D eigenvalue weighted by molar-refractivity contribution is 0.571. The van der Waals surface area contributed by atoms with E-state index in [1.807, 2.05) is 24.3 Å². The van der Waals surface area contributed by atoms with Crippen LogP contribution < -0.4 is 9.80 Å². The summed E-state index contributed by atoms with van der Waals surface area (Å²) in [5.74, 6) is 0. The number of nitrogens with zero attached hydrogens (tertiary/aromatic N) is 2. The van der Waals surface area contributed by atoms with Gasteiger partial charge in [0, 0.05) is 61.1 Å². The predicted molar refractivity (Wildman–Crippen MR) is 272 cm³/mol. The number of benzene rings is 9. The van der Waals surface area contributed by atoms with E-state index in [0.717, 1.165) is 101 Å². The normalized spacial score (nSPS) is 14.9. The molecule has 2 heterocycles. The molecule has 4 nitrogen and oxygen atoms in total. The molecule has 0 fully saturated rings. The molecule has 0 bridgehead atoms. The summed E-state index contributed by atoms with van der Waals surface area (Å²) in [6.07, 6.45) is 7.88. The van der Waals surface area contributed by atoms with Crippen molar-refractivity contribution in [3.63, 3.8) is 0 Å². The molecule has 4 heteroatoms. The van der Waals surface area contributed by atoms with E-state index in [2.05, 4.69) is 229 Å². The molecule has 65 heavy (non-hydrogen) atoms. The van der Waals surface area contributed by atoms with Crippen molar-refractivity contribution in [3.05, 3.63) is 242 Å². The van der Waals surface area contributed by atoms with E-state index >= 15 is 0 Å². The van der Waals surface area contributed by atoms with Gasteiger partial charge in [0.25, 0.3) is 0 Å². The molecular formula is C61H44N2O2. The first kappa shape index (κ1) is 38.3. The van der Waals surface area contributed by atoms with E-state index in [1.54, 1.807) is 0 Å². The molecule has 0 saturated carbocycles. The summed E-state index contributed by atoms with van der Waals surface area (Å²) in [5, 5.41) is 4.55. The van der Waals surface area contributed by atoms with Gasteiger partial charge in [-0.1, -0.05) is 164 Å². The highest BCUT2D eigenvalue weighted by molar-refractivity contribution is 6.10. The molecule has 12 rings (SSSR count). The predicted octanol–water partition coefficient (Wildman–Crippen LogP) is 17.2. The van der Waals surface area contributed by atoms with Crippen LogP contribution in [0.4, 0.5) is 28.4 Å². The lowest BCUT2D eigenvalue weighted by Gasteiger charge is -2.42. The summed E-state index contributed by atoms with van der Waals surface area (Å²) < 4.78 is 12.8. The molecule has 0 saturated heterocycles. The zero-order chi connectivity index (χ0) is 43.3. The second kappa shape index (κ2) is 15.8. The Morgan fingerprint density at radius 3 is 1.31 bits per heavy atom. The minimum atomic E-state index is -0.308. The Labute approximate surface area is 378 Å². The van der Waals surface area contributed by atoms with Crippen LogP contribution in [0.25, 0.3) is 71.7 Å². The van der Waals surface area contributed by atoms with Crippen LogP contribution in [-0.4, -0.2) is 5.54 Å². The Balaban J connectivity index is 0.822. The van der Waals surface area contributed by atoms with Gasteiger partial charge < -0.3 is 18.6 Å². The molecule has 1 atom stereocenters. The second-order valence-corrected chi connectivity index (χ2v) is 17.1. The molecule has 0 amide bonds. The highest BCUT2D eigenvalue weighted by Gasteiger charge is 2.32. The fourth-order valence-corrected chi connectivity index (χ4v) is 9.77. The van der Waals surface area contributed by atoms with Crippen LogP contribution in [-0.2, 0) is 0 Å². The average Bonchev–Trinajstić information content (AvgIpc) is 3.95. The number of allylic oxidation sites excluding steroid dienone is 2. The Hall–Kier alpha value is -8.34. The van der Waals surface area contributed by atoms with Crippen molar-refractivity contribution < 1.29 is 8.83 Å². The number of fused-ring (bicyclic) bond motifs is 6. The fraction of sp³-hybridized carbons (Fsp3) is 0.0492. The Kier molecular flexibility index (Phi) is 9.31. The number of hydrogen-bond acceptors (Lipinski definition) is 4. The van der Waals surface area contributed by atoms with Crippen molar-refractivity contribution in [2.45, 2.75) is 18.9 Å². The van der Waals surface area contributed by atoms with E-state index in [0.29, 0.717) is 0 Å². The van der Waals surface area contributed by atoms with Crippen LogP contribution in [0, 0.1) is 0 Å². The maximum Gasteiger partial charge on any atom is 0.143 e. The van der Waals surface area contributed by atoms with Crippen LogP contribution >= 0.6 is 0 Å². The molecule has 1 unspecified atom stereocenters. The zero-order valence-corrected chi connectivity index (χ0v) is 35.9. The minimum Gasteiger partial charge on any atom is -0.455 e. The van der Waals surface area contributed by atoms with Crippen LogP contribution in [0.3, 0.4) is 0 Å². The van der Waals surface area contributed by atoms with E-state index in [4.69, 9.17) is 8.83 Å². The standard InChI is InChI=1S/C61H44N2O2/c1-61(63(49-16-6-3-7-17-49)50-36-30-45(31-37-50)52-21-13-23-56-54-19-9-11-25-58(54)65-60(52)56)40-38-43(39-41-61)42-26-32-47(33-27-42)62(46-14-4-2-5-15-46)48-34-28-44(29-35-48)51-20-12-22-55-53-18-8-10-24-57(53)64-59(51)55/h2-40H,41H2,1H3. The maximum atomic E-state index is 6.41. The summed E-state index contributed by atoms with van der Waals surface area (Å²) in [5.41, 5.74) is 15.7. The molecule has 2 aromatic heterocycles. The molecule has 1 aliphatic carbocycles. The Morgan fingerprint density at radius 1 is 0.385 bits per heavy atom. The van der Waals surface area contributed by atoms with Gasteiger partial charge in [0.2, 0.25) is 0 Å². The number of hydrogen-bond donors (Lipinski definition) is 0. The molecule has 0 N–H and O–H groups in total. The van der Waals surface area contributed by atoms with Gasteiger partial charge in [-0.25, -0.2) is 0 Å². The summed E-state index contributed by atoms with van der Waals surface area (Å²) >= 11 is 0. The summed E-state index contributed by atoms with van der Waals surface area (Å²) in [7, 11) is 0. The van der Waals surface area contributed by atoms with Crippen LogP contribution in [0.2, 0.25) is 0 Å². The average molecular weight is 837 g/mol. The highest BCUT2D eigenvalue weighted by Crippen LogP contribution is 2.43. The first-order chi connectivity index (χ1) is 32.1. The van der Waals surface area contributed by atoms with E-state index in [1.165, 1.54) is 11.1 Å². The maximum absolute atomic E-state index is 6.41. The molecule has 0 aliphatic heterocycles. The van der Waals surface area contributed by atoms with E-state index < -0.39 is 0 Å². The first-order valence-corrected chi connectivity index (χ1v) is 22.3. The SMILES string of the molecule is CC1(N(c2ccccc2)c2ccc(-c3cccc4c3oc3ccccc34)cc2)C=CC(c2ccc(N(c3ccccc3)c3ccc(-c4cccc5c4oc4ccccc45)cc3)cc2)=CC1. The van der Waals surface area contributed by atoms with Crippen molar-refractivity contribution in [1.82, 2.24) is 0 Å². The Morgan fingerprint density at radius 2 is 0.800 bits per heavy atom. The first-order valence-electron chi connectivity index (χ1n) is 22.3. The molecular weight excluding hydrogens is 793 g/mol. The van der Waals surface area contributed by atoms with Gasteiger partial charge in [-0.2, -0.15) is 0 Å². The fourth-order valence-electron chi connectivity index (χ4n) is 9.77. The molecule has 0 radical (unpaired) electrons. The van der Waals surface area contributed by atoms with Gasteiger partial charge in [0.05, 0.1) is 5.54 Å². The van der Waals surface area contributed by atoms with Crippen LogP contribution in [0.5, 0.6) is 0 Å². The third kappa shape index (κ3) is 6.79. The summed E-state index contributed by atoms with van der Waals surface area (Å²) in [6.45, 7) is 2.33. The summed E-state index contributed by atoms with van der Waals surface area (Å²) in [4.78, 5) is 4.78. The van der Waals surface area contributed by atoms with Crippen molar-refractivity contribution in [1.29, 1.82) is 0 Å². The smallest absolute Gasteiger partial charge is 0.143 e. The molecule has 11 aromatic rings. The molecule has 0 spiro atoms. The zero-order valence-electron chi connectivity index (χ0n) is 35.9. The van der Waals surface area contributed by atoms with Gasteiger partial charge >= 0.3 is 0 Å². The quantitative estimate of drug-likeness (QED) is 0.145. The minimum absolute atomic E-state index is 0.308. The number of anilines is 5. The summed E-state index contributed by atoms with van der Waals surface area (Å²) in [6, 6.07) is 77.4. The van der Waals surface area contributed by atoms with Crippen molar-refractivity contribution in [2.75, 3.05) is 9.80 Å². The van der Waals surface area contributed by atoms with Gasteiger partial charge in [-0.15, -0.1) is 0 Å². The third-order valence-electron chi connectivity index (χ3n) is 13.0. The van der Waals surface area contributed by atoms with E-state index in [9.17, 15) is 0 Å². The van der Waals surface area contributed by atoms with Gasteiger partial charge in [0.1, 0.15) is 22.3 Å². The second-order valence-electron chi connectivity index (χ2n) is 17.1. The van der Waals surface area contributed by atoms with Crippen molar-refractivity contribution >= 4 is 77.9 Å². The lowest BCUT2D eigenvalue weighted by Crippen LogP contribution is -2.42. The van der Waals surface area contributed by atoms with Crippen molar-refractivity contribution in [3.8, 4) is 22.3 Å². The van der Waals surface area contributed by atoms with Gasteiger partial charge in [-0.05, 0) is 108 Å². The van der Waals surface area contributed by atoms with E-state index in [-0.39, 0.29) is 5.54 Å². The van der Waals surface area contributed by atoms with Crippen molar-refractivity contribution in [2.24, 2.45) is 0 Å². The van der Waals surface area contributed by atoms with Crippen LogP contribution in [0.15, 0.2) is 245 Å². The van der Waals surface area contributed by atoms with Gasteiger partial charge in [0.15, 0.2) is 0 Å². The highest BCUT2D eigenvalue weighted by atomic mass is 16.3. The number of rotatable bonds is 9.